The monoisotopic (exact) mass is 208 g/mol. The molecular weight excluding hydrogens is 198 g/mol. The molecule has 0 aliphatic carbocycles. The first-order valence-corrected chi connectivity index (χ1v) is 5.16. The summed E-state index contributed by atoms with van der Waals surface area (Å²) in [5.41, 5.74) is 3.09. The number of hydrogen-bond acceptors (Lipinski definition) is 2. The molecule has 0 aliphatic heterocycles. The number of H-pyrrole nitrogens is 1. The first kappa shape index (κ1) is 9.09. The van der Waals surface area contributed by atoms with Crippen molar-refractivity contribution in [3.63, 3.8) is 0 Å². The third-order valence-corrected chi connectivity index (χ3v) is 2.56. The lowest BCUT2D eigenvalue weighted by Gasteiger charge is -1.96. The Morgan fingerprint density at radius 3 is 3.12 bits per heavy atom. The van der Waals surface area contributed by atoms with Gasteiger partial charge in [0.1, 0.15) is 0 Å². The van der Waals surface area contributed by atoms with Crippen molar-refractivity contribution in [3.05, 3.63) is 60.0 Å². The second kappa shape index (κ2) is 3.77. The van der Waals surface area contributed by atoms with Gasteiger partial charge in [0.25, 0.3) is 0 Å². The summed E-state index contributed by atoms with van der Waals surface area (Å²) in [4.78, 5) is 4.30. The lowest BCUT2D eigenvalue weighted by Crippen LogP contribution is -1.91. The van der Waals surface area contributed by atoms with Crippen LogP contribution < -0.4 is 0 Å². The number of fused-ring (bicyclic) bond motifs is 1. The maximum Gasteiger partial charge on any atom is 0.0760 e. The van der Waals surface area contributed by atoms with Gasteiger partial charge in [-0.1, -0.05) is 12.1 Å². The number of rotatable bonds is 2. The summed E-state index contributed by atoms with van der Waals surface area (Å²) in [6, 6.07) is 14.8. The molecule has 3 rings (SSSR count). The average Bonchev–Trinajstić information content (AvgIpc) is 2.74. The van der Waals surface area contributed by atoms with Gasteiger partial charge in [0.05, 0.1) is 11.2 Å². The number of aromatic amines is 1. The Hall–Kier alpha value is -2.16. The fourth-order valence-electron chi connectivity index (χ4n) is 1.76. The molecule has 2 aromatic heterocycles. The van der Waals surface area contributed by atoms with Gasteiger partial charge >= 0.3 is 0 Å². The number of nitrogens with one attached hydrogen (secondary N) is 1. The summed E-state index contributed by atoms with van der Waals surface area (Å²) in [5, 5.41) is 8.43. The van der Waals surface area contributed by atoms with Crippen LogP contribution in [0.25, 0.3) is 10.9 Å². The summed E-state index contributed by atoms with van der Waals surface area (Å²) in [5.74, 6) is 0. The van der Waals surface area contributed by atoms with Crippen molar-refractivity contribution in [2.45, 2.75) is 6.42 Å². The summed E-state index contributed by atoms with van der Waals surface area (Å²) >= 11 is 0. The molecule has 0 fully saturated rings. The van der Waals surface area contributed by atoms with Crippen LogP contribution in [-0.2, 0) is 6.42 Å². The van der Waals surface area contributed by atoms with Crippen molar-refractivity contribution in [3.8, 4) is 0 Å². The van der Waals surface area contributed by atoms with Crippen molar-refractivity contribution < 1.29 is 0 Å². The van der Waals surface area contributed by atoms with Crippen LogP contribution in [0.15, 0.2) is 42.6 Å². The summed E-state index contributed by atoms with van der Waals surface area (Å²) < 4.78 is 0. The molecule has 3 heteroatoms. The van der Waals surface area contributed by atoms with E-state index in [9.17, 15) is 0 Å². The molecule has 0 saturated heterocycles. The van der Waals surface area contributed by atoms with E-state index in [1.165, 1.54) is 0 Å². The first-order chi connectivity index (χ1) is 7.93. The van der Waals surface area contributed by atoms with Gasteiger partial charge in [-0.25, -0.2) is 0 Å². The molecule has 0 spiro atoms. The standard InChI is InChI=1S/C13H10N3/c1-2-7-12-11(6-1)13(16-15-12)9-10-5-3-4-8-14-10/h2-8H,9H2,(H,15,16). The van der Waals surface area contributed by atoms with E-state index in [4.69, 9.17) is 0 Å². The third kappa shape index (κ3) is 1.56. The number of aromatic nitrogens is 3. The van der Waals surface area contributed by atoms with E-state index in [0.717, 1.165) is 28.7 Å². The van der Waals surface area contributed by atoms with Gasteiger partial charge in [0, 0.05) is 23.7 Å². The topological polar surface area (TPSA) is 41.6 Å². The SMILES string of the molecule is [c]1ccc2[nH]nc(Cc3ccccn3)c2c1. The van der Waals surface area contributed by atoms with Crippen molar-refractivity contribution in [2.75, 3.05) is 0 Å². The van der Waals surface area contributed by atoms with E-state index in [2.05, 4.69) is 21.2 Å². The van der Waals surface area contributed by atoms with Crippen LogP contribution >= 0.6 is 0 Å². The molecule has 1 aromatic carbocycles. The van der Waals surface area contributed by atoms with E-state index in [-0.39, 0.29) is 0 Å². The van der Waals surface area contributed by atoms with Gasteiger partial charge in [0.15, 0.2) is 0 Å². The molecule has 0 amide bonds. The molecule has 0 bridgehead atoms. The zero-order valence-electron chi connectivity index (χ0n) is 8.64. The highest BCUT2D eigenvalue weighted by Gasteiger charge is 2.05. The molecule has 77 valence electrons. The summed E-state index contributed by atoms with van der Waals surface area (Å²) in [6.45, 7) is 0. The zero-order chi connectivity index (χ0) is 10.8. The smallest absolute Gasteiger partial charge is 0.0760 e. The minimum Gasteiger partial charge on any atom is -0.278 e. The van der Waals surface area contributed by atoms with Crippen LogP contribution in [0, 0.1) is 6.07 Å². The van der Waals surface area contributed by atoms with Crippen molar-refractivity contribution in [2.24, 2.45) is 0 Å². The van der Waals surface area contributed by atoms with Gasteiger partial charge in [-0.3, -0.25) is 10.1 Å². The van der Waals surface area contributed by atoms with Crippen LogP contribution in [0.4, 0.5) is 0 Å². The number of pyridine rings is 1. The third-order valence-electron chi connectivity index (χ3n) is 2.56. The maximum absolute atomic E-state index is 4.31. The second-order valence-corrected chi connectivity index (χ2v) is 3.64. The zero-order valence-corrected chi connectivity index (χ0v) is 8.64. The fraction of sp³-hybridized carbons (Fsp3) is 0.0769. The van der Waals surface area contributed by atoms with E-state index in [1.807, 2.05) is 36.4 Å². The van der Waals surface area contributed by atoms with E-state index >= 15 is 0 Å². The molecule has 0 atom stereocenters. The van der Waals surface area contributed by atoms with Crippen LogP contribution in [0.1, 0.15) is 11.4 Å². The molecule has 3 nitrogen and oxygen atoms in total. The van der Waals surface area contributed by atoms with Crippen molar-refractivity contribution >= 4 is 10.9 Å². The molecule has 0 saturated carbocycles. The molecule has 0 aliphatic rings. The average molecular weight is 208 g/mol. The van der Waals surface area contributed by atoms with Crippen molar-refractivity contribution in [1.82, 2.24) is 15.2 Å². The van der Waals surface area contributed by atoms with E-state index in [1.54, 1.807) is 6.20 Å². The highest BCUT2D eigenvalue weighted by atomic mass is 15.1. The highest BCUT2D eigenvalue weighted by Crippen LogP contribution is 2.16. The molecule has 0 unspecified atom stereocenters. The number of benzene rings is 1. The van der Waals surface area contributed by atoms with Crippen molar-refractivity contribution in [1.29, 1.82) is 0 Å². The minimum atomic E-state index is 0.749. The molecule has 1 radical (unpaired) electrons. The van der Waals surface area contributed by atoms with Crippen LogP contribution in [-0.4, -0.2) is 15.2 Å². The predicted molar refractivity (Wildman–Crippen MR) is 62.0 cm³/mol. The Kier molecular flexibility index (Phi) is 2.14. The Balaban J connectivity index is 2.01. The maximum atomic E-state index is 4.31. The number of hydrogen-bond donors (Lipinski definition) is 1. The summed E-state index contributed by atoms with van der Waals surface area (Å²) in [6.07, 6.45) is 2.55. The predicted octanol–water partition coefficient (Wildman–Crippen LogP) is 2.35. The quantitative estimate of drug-likeness (QED) is 0.702. The van der Waals surface area contributed by atoms with Crippen LogP contribution in [0.5, 0.6) is 0 Å². The van der Waals surface area contributed by atoms with Gasteiger partial charge in [0.2, 0.25) is 0 Å². The second-order valence-electron chi connectivity index (χ2n) is 3.64. The van der Waals surface area contributed by atoms with E-state index < -0.39 is 0 Å². The molecule has 3 aromatic rings. The Labute approximate surface area is 93.2 Å². The van der Waals surface area contributed by atoms with Crippen LogP contribution in [0.3, 0.4) is 0 Å². The van der Waals surface area contributed by atoms with Crippen LogP contribution in [0.2, 0.25) is 0 Å². The molecule has 2 heterocycles. The Morgan fingerprint density at radius 1 is 1.25 bits per heavy atom. The Bertz CT molecular complexity index is 599. The highest BCUT2D eigenvalue weighted by molar-refractivity contribution is 5.81. The van der Waals surface area contributed by atoms with E-state index in [0.29, 0.717) is 0 Å². The minimum absolute atomic E-state index is 0.749. The number of nitrogens with zero attached hydrogens (tertiary/aromatic N) is 2. The van der Waals surface area contributed by atoms with Gasteiger partial charge in [-0.15, -0.1) is 0 Å². The normalized spacial score (nSPS) is 10.8. The molecule has 16 heavy (non-hydrogen) atoms. The van der Waals surface area contributed by atoms with Gasteiger partial charge in [-0.2, -0.15) is 5.10 Å². The fourth-order valence-corrected chi connectivity index (χ4v) is 1.76. The largest absolute Gasteiger partial charge is 0.278 e. The lowest BCUT2D eigenvalue weighted by atomic mass is 10.1. The summed E-state index contributed by atoms with van der Waals surface area (Å²) in [7, 11) is 0. The lowest BCUT2D eigenvalue weighted by molar-refractivity contribution is 0.979. The Morgan fingerprint density at radius 2 is 2.25 bits per heavy atom. The molecule has 1 N–H and O–H groups in total. The van der Waals surface area contributed by atoms with Gasteiger partial charge in [-0.05, 0) is 30.3 Å². The van der Waals surface area contributed by atoms with Gasteiger partial charge < -0.3 is 0 Å². The first-order valence-electron chi connectivity index (χ1n) is 5.16. The molecular formula is C13H10N3.